The number of nitrogens with zero attached hydrogens (tertiary/aromatic N) is 1. The maximum atomic E-state index is 12.2. The minimum atomic E-state index is -0.984. The molecular formula is C22H24N2O5. The van der Waals surface area contributed by atoms with Gasteiger partial charge < -0.3 is 20.1 Å². The number of aliphatic carboxylic acids is 1. The van der Waals surface area contributed by atoms with Gasteiger partial charge in [0.1, 0.15) is 12.6 Å². The van der Waals surface area contributed by atoms with Gasteiger partial charge in [0.25, 0.3) is 0 Å². The Kier molecular flexibility index (Phi) is 6.16. The third kappa shape index (κ3) is 4.56. The van der Waals surface area contributed by atoms with Crippen LogP contribution in [0, 0.1) is 0 Å². The zero-order chi connectivity index (χ0) is 21.0. The molecule has 2 amide bonds. The van der Waals surface area contributed by atoms with E-state index in [0.717, 1.165) is 22.3 Å². The summed E-state index contributed by atoms with van der Waals surface area (Å²) in [6.07, 6.45) is -0.834. The van der Waals surface area contributed by atoms with Crippen molar-refractivity contribution in [2.45, 2.75) is 25.3 Å². The van der Waals surface area contributed by atoms with Crippen LogP contribution in [0.2, 0.25) is 0 Å². The van der Waals surface area contributed by atoms with Crippen LogP contribution in [0.5, 0.6) is 0 Å². The van der Waals surface area contributed by atoms with Crippen LogP contribution in [0.4, 0.5) is 4.79 Å². The molecule has 1 atom stereocenters. The van der Waals surface area contributed by atoms with Crippen LogP contribution in [0.25, 0.3) is 11.1 Å². The number of carbonyl (C=O) groups is 3. The van der Waals surface area contributed by atoms with E-state index in [1.807, 2.05) is 36.4 Å². The highest BCUT2D eigenvalue weighted by Crippen LogP contribution is 2.44. The van der Waals surface area contributed by atoms with Crippen molar-refractivity contribution >= 4 is 18.0 Å². The molecule has 3 rings (SSSR count). The van der Waals surface area contributed by atoms with Gasteiger partial charge in [0, 0.05) is 19.5 Å². The molecule has 0 bridgehead atoms. The van der Waals surface area contributed by atoms with Crippen LogP contribution in [0.3, 0.4) is 0 Å². The number of nitrogens with one attached hydrogen (secondary N) is 1. The second-order valence-corrected chi connectivity index (χ2v) is 7.10. The lowest BCUT2D eigenvalue weighted by Crippen LogP contribution is -2.46. The molecule has 0 spiro atoms. The van der Waals surface area contributed by atoms with E-state index in [2.05, 4.69) is 17.4 Å². The molecule has 2 aromatic rings. The summed E-state index contributed by atoms with van der Waals surface area (Å²) in [6, 6.07) is 15.3. The van der Waals surface area contributed by atoms with Gasteiger partial charge in [-0.3, -0.25) is 9.59 Å². The molecule has 29 heavy (non-hydrogen) atoms. The summed E-state index contributed by atoms with van der Waals surface area (Å²) in [5.74, 6) is -1.42. The number of carboxylic acids is 1. The van der Waals surface area contributed by atoms with Crippen molar-refractivity contribution in [3.05, 3.63) is 59.7 Å². The number of carbonyl (C=O) groups excluding carboxylic acids is 2. The van der Waals surface area contributed by atoms with Crippen molar-refractivity contribution < 1.29 is 24.2 Å². The molecule has 0 heterocycles. The third-order valence-corrected chi connectivity index (χ3v) is 5.09. The zero-order valence-corrected chi connectivity index (χ0v) is 16.4. The summed E-state index contributed by atoms with van der Waals surface area (Å²) < 4.78 is 5.42. The van der Waals surface area contributed by atoms with Crippen LogP contribution >= 0.6 is 0 Å². The molecule has 7 heteroatoms. The number of benzene rings is 2. The summed E-state index contributed by atoms with van der Waals surface area (Å²) >= 11 is 0. The number of fused-ring (bicyclic) bond motifs is 3. The van der Waals surface area contributed by atoms with Crippen molar-refractivity contribution in [3.8, 4) is 11.1 Å². The minimum absolute atomic E-state index is 0.0580. The summed E-state index contributed by atoms with van der Waals surface area (Å²) in [7, 11) is 1.50. The van der Waals surface area contributed by atoms with Gasteiger partial charge in [0.15, 0.2) is 0 Å². The van der Waals surface area contributed by atoms with E-state index < -0.39 is 18.1 Å². The number of hydrogen-bond acceptors (Lipinski definition) is 4. The molecule has 0 aliphatic heterocycles. The molecule has 152 valence electrons. The van der Waals surface area contributed by atoms with Crippen molar-refractivity contribution in [2.75, 3.05) is 20.2 Å². The van der Waals surface area contributed by atoms with E-state index in [1.165, 1.54) is 11.9 Å². The molecule has 1 aliphatic carbocycles. The highest BCUT2D eigenvalue weighted by molar-refractivity contribution is 5.85. The lowest BCUT2D eigenvalue weighted by atomic mass is 9.98. The predicted molar refractivity (Wildman–Crippen MR) is 108 cm³/mol. The molecule has 1 aliphatic rings. The van der Waals surface area contributed by atoms with Gasteiger partial charge in [-0.25, -0.2) is 4.79 Å². The number of amides is 2. The van der Waals surface area contributed by atoms with Gasteiger partial charge in [-0.2, -0.15) is 0 Å². The maximum absolute atomic E-state index is 12.2. The van der Waals surface area contributed by atoms with Gasteiger partial charge in [-0.1, -0.05) is 48.5 Å². The van der Waals surface area contributed by atoms with Gasteiger partial charge in [0.05, 0.1) is 6.42 Å². The molecule has 0 fully saturated rings. The first-order chi connectivity index (χ1) is 13.9. The highest BCUT2D eigenvalue weighted by atomic mass is 16.5. The molecule has 2 N–H and O–H groups in total. The average molecular weight is 396 g/mol. The van der Waals surface area contributed by atoms with Crippen molar-refractivity contribution in [1.29, 1.82) is 0 Å². The number of carboxylic acid groups (broad SMARTS) is 1. The van der Waals surface area contributed by atoms with Crippen LogP contribution < -0.4 is 5.32 Å². The Bertz CT molecular complexity index is 881. The molecule has 0 radical (unpaired) electrons. The Morgan fingerprint density at radius 3 is 2.17 bits per heavy atom. The van der Waals surface area contributed by atoms with Crippen LogP contribution in [-0.4, -0.2) is 54.2 Å². The largest absolute Gasteiger partial charge is 0.481 e. The molecule has 1 unspecified atom stereocenters. The van der Waals surface area contributed by atoms with E-state index >= 15 is 0 Å². The van der Waals surface area contributed by atoms with Gasteiger partial charge >= 0.3 is 12.1 Å². The number of rotatable bonds is 7. The van der Waals surface area contributed by atoms with Crippen LogP contribution in [-0.2, 0) is 14.3 Å². The SMILES string of the molecule is CC(NC(=O)OCC1c2ccccc2-c2ccccc21)C(=O)N(C)CCC(=O)O. The van der Waals surface area contributed by atoms with Crippen molar-refractivity contribution in [1.82, 2.24) is 10.2 Å². The normalized spacial score (nSPS) is 13.2. The highest BCUT2D eigenvalue weighted by Gasteiger charge is 2.29. The summed E-state index contributed by atoms with van der Waals surface area (Å²) in [4.78, 5) is 36.4. The van der Waals surface area contributed by atoms with E-state index in [-0.39, 0.29) is 31.4 Å². The van der Waals surface area contributed by atoms with Crippen LogP contribution in [0.15, 0.2) is 48.5 Å². The Morgan fingerprint density at radius 2 is 1.62 bits per heavy atom. The van der Waals surface area contributed by atoms with E-state index in [9.17, 15) is 14.4 Å². The van der Waals surface area contributed by atoms with Gasteiger partial charge in [-0.15, -0.1) is 0 Å². The molecule has 0 aromatic heterocycles. The Morgan fingerprint density at radius 1 is 1.07 bits per heavy atom. The molecule has 2 aromatic carbocycles. The van der Waals surface area contributed by atoms with E-state index in [1.54, 1.807) is 6.92 Å². The van der Waals surface area contributed by atoms with E-state index in [4.69, 9.17) is 9.84 Å². The summed E-state index contributed by atoms with van der Waals surface area (Å²) in [5, 5.41) is 11.2. The number of likely N-dealkylation sites (N-methyl/N-ethyl adjacent to an activating group) is 1. The van der Waals surface area contributed by atoms with Crippen molar-refractivity contribution in [3.63, 3.8) is 0 Å². The minimum Gasteiger partial charge on any atom is -0.481 e. The molecule has 0 saturated carbocycles. The maximum Gasteiger partial charge on any atom is 0.407 e. The first kappa shape index (κ1) is 20.4. The fourth-order valence-electron chi connectivity index (χ4n) is 3.58. The van der Waals surface area contributed by atoms with Crippen LogP contribution in [0.1, 0.15) is 30.4 Å². The standard InChI is InChI=1S/C22H24N2O5/c1-14(21(27)24(2)12-11-20(25)26)23-22(28)29-13-19-17-9-5-3-7-15(17)16-8-4-6-10-18(16)19/h3-10,14,19H,11-13H2,1-2H3,(H,23,28)(H,25,26). The summed E-state index contributed by atoms with van der Waals surface area (Å²) in [5.41, 5.74) is 4.50. The topological polar surface area (TPSA) is 95.9 Å². The second-order valence-electron chi connectivity index (χ2n) is 7.10. The third-order valence-electron chi connectivity index (χ3n) is 5.09. The first-order valence-electron chi connectivity index (χ1n) is 9.46. The molecule has 0 saturated heterocycles. The fourth-order valence-corrected chi connectivity index (χ4v) is 3.58. The molecular weight excluding hydrogens is 372 g/mol. The lowest BCUT2D eigenvalue weighted by Gasteiger charge is -2.22. The number of alkyl carbamates (subject to hydrolysis) is 1. The predicted octanol–water partition coefficient (Wildman–Crippen LogP) is 2.85. The lowest BCUT2D eigenvalue weighted by molar-refractivity contribution is -0.138. The second kappa shape index (κ2) is 8.77. The smallest absolute Gasteiger partial charge is 0.407 e. The monoisotopic (exact) mass is 396 g/mol. The van der Waals surface area contributed by atoms with Crippen molar-refractivity contribution in [2.24, 2.45) is 0 Å². The Hall–Kier alpha value is -3.35. The Labute approximate surface area is 169 Å². The van der Waals surface area contributed by atoms with Gasteiger partial charge in [-0.05, 0) is 29.2 Å². The quantitative estimate of drug-likeness (QED) is 0.750. The number of ether oxygens (including phenoxy) is 1. The fraction of sp³-hybridized carbons (Fsp3) is 0.318. The van der Waals surface area contributed by atoms with Gasteiger partial charge in [0.2, 0.25) is 5.91 Å². The Balaban J connectivity index is 1.58. The first-order valence-corrected chi connectivity index (χ1v) is 9.46. The molecule has 7 nitrogen and oxygen atoms in total. The van der Waals surface area contributed by atoms with E-state index in [0.29, 0.717) is 0 Å². The number of hydrogen-bond donors (Lipinski definition) is 2. The average Bonchev–Trinajstić information content (AvgIpc) is 3.03. The summed E-state index contributed by atoms with van der Waals surface area (Å²) in [6.45, 7) is 1.78. The zero-order valence-electron chi connectivity index (χ0n) is 16.4.